The molecule has 3 fully saturated rings. The summed E-state index contributed by atoms with van der Waals surface area (Å²) < 4.78 is 17.4. The third kappa shape index (κ3) is 2.85. The van der Waals surface area contributed by atoms with Crippen molar-refractivity contribution in [3.05, 3.63) is 11.1 Å². The summed E-state index contributed by atoms with van der Waals surface area (Å²) in [5, 5.41) is 23.9. The molecule has 0 amide bonds. The second-order valence-corrected chi connectivity index (χ2v) is 10.5. The third-order valence-electron chi connectivity index (χ3n) is 9.26. The van der Waals surface area contributed by atoms with Crippen LogP contribution in [-0.2, 0) is 19.0 Å². The van der Waals surface area contributed by atoms with Crippen LogP contribution in [0.3, 0.4) is 0 Å². The first-order valence-electron chi connectivity index (χ1n) is 10.8. The number of ketones is 1. The Labute approximate surface area is 215 Å². The van der Waals surface area contributed by atoms with E-state index in [1.54, 1.807) is 14.2 Å². The molecule has 8 atom stereocenters. The van der Waals surface area contributed by atoms with E-state index in [9.17, 15) is 15.0 Å². The number of hydrogen-bond acceptors (Lipinski definition) is 6. The Morgan fingerprint density at radius 2 is 1.77 bits per heavy atom. The van der Waals surface area contributed by atoms with Crippen molar-refractivity contribution in [2.45, 2.75) is 83.4 Å². The van der Waals surface area contributed by atoms with E-state index in [0.717, 1.165) is 11.1 Å². The molecule has 30 heavy (non-hydrogen) atoms. The van der Waals surface area contributed by atoms with Crippen LogP contribution in [0, 0.1) is 66.7 Å². The van der Waals surface area contributed by atoms with Gasteiger partial charge in [-0.2, -0.15) is 0 Å². The van der Waals surface area contributed by atoms with Gasteiger partial charge in [-0.15, -0.1) is 0 Å². The Morgan fingerprint density at radius 1 is 1.13 bits per heavy atom. The van der Waals surface area contributed by atoms with Gasteiger partial charge in [0.05, 0.1) is 29.8 Å². The average molecular weight is 636 g/mol. The topological polar surface area (TPSA) is 85.2 Å². The van der Waals surface area contributed by atoms with Gasteiger partial charge >= 0.3 is 0 Å². The van der Waals surface area contributed by atoms with Crippen LogP contribution < -0.4 is 0 Å². The molecule has 1 radical (unpaired) electrons. The molecule has 1 aliphatic heterocycles. The van der Waals surface area contributed by atoms with Gasteiger partial charge < -0.3 is 24.4 Å². The van der Waals surface area contributed by atoms with E-state index in [2.05, 4.69) is 0 Å². The minimum atomic E-state index is -1.16. The van der Waals surface area contributed by atoms with Gasteiger partial charge in [-0.05, 0) is 38.2 Å². The maximum Gasteiger partial charge on any atom is 0.174 e. The molecule has 0 spiro atoms. The number of rotatable bonds is 2. The summed E-state index contributed by atoms with van der Waals surface area (Å²) in [7, 11) is 3.17. The van der Waals surface area contributed by atoms with Gasteiger partial charge in [0, 0.05) is 76.0 Å². The molecule has 4 aliphatic rings. The number of carbonyl (C=O) groups is 1. The summed E-state index contributed by atoms with van der Waals surface area (Å²) in [6, 6.07) is 0. The predicted molar refractivity (Wildman–Crippen MR) is 107 cm³/mol. The van der Waals surface area contributed by atoms with E-state index >= 15 is 0 Å². The Kier molecular flexibility index (Phi) is 6.62. The summed E-state index contributed by atoms with van der Waals surface area (Å²) in [6.07, 6.45) is 0.185. The molecular formula is C23H36AcO6. The van der Waals surface area contributed by atoms with Gasteiger partial charge in [-0.1, -0.05) is 26.3 Å². The fourth-order valence-corrected chi connectivity index (χ4v) is 7.55. The number of Topliss-reactive ketones (excluding diaryl/α,β-unsaturated/α-hetero) is 1. The van der Waals surface area contributed by atoms with Crippen LogP contribution in [0.1, 0.15) is 53.9 Å². The summed E-state index contributed by atoms with van der Waals surface area (Å²) in [5.41, 5.74) is -1.91. The second kappa shape index (κ2) is 7.86. The molecule has 0 aromatic rings. The first-order chi connectivity index (χ1) is 13.4. The molecule has 6 unspecified atom stereocenters. The van der Waals surface area contributed by atoms with E-state index in [1.807, 2.05) is 34.6 Å². The van der Waals surface area contributed by atoms with Crippen LogP contribution in [0.25, 0.3) is 0 Å². The predicted octanol–water partition coefficient (Wildman–Crippen LogP) is 2.26. The summed E-state index contributed by atoms with van der Waals surface area (Å²) in [6.45, 7) is 10.1. The van der Waals surface area contributed by atoms with Crippen molar-refractivity contribution in [2.75, 3.05) is 20.8 Å². The number of fused-ring (bicyclic) bond motifs is 5. The van der Waals surface area contributed by atoms with Gasteiger partial charge in [0.1, 0.15) is 11.7 Å². The average Bonchev–Trinajstić information content (AvgIpc) is 2.65. The molecule has 4 rings (SSSR count). The van der Waals surface area contributed by atoms with Gasteiger partial charge in [0.15, 0.2) is 5.78 Å². The first-order valence-corrected chi connectivity index (χ1v) is 10.8. The Morgan fingerprint density at radius 3 is 2.27 bits per heavy atom. The second-order valence-electron chi connectivity index (χ2n) is 10.5. The molecule has 0 aromatic carbocycles. The largest absolute Gasteiger partial charge is 0.389 e. The van der Waals surface area contributed by atoms with E-state index in [-0.39, 0.29) is 68.5 Å². The monoisotopic (exact) mass is 635 g/mol. The van der Waals surface area contributed by atoms with E-state index in [0.29, 0.717) is 19.3 Å². The number of allylic oxidation sites excluding steroid dienone is 1. The van der Waals surface area contributed by atoms with Crippen molar-refractivity contribution in [2.24, 2.45) is 22.7 Å². The van der Waals surface area contributed by atoms with E-state index in [1.165, 1.54) is 0 Å². The standard InChI is InChI=1S/C23H36O6.Ac/c1-12-8-9-23(26)13(2)18-21(5,14(27-6)10-15-22(18,25)11-29-15)19(24)17(28-7)16(12)20(23,3)4;/h13-15,17-18,25-26H,8-11H2,1-7H3;/t13-,14?,15?,17?,18?,21+,22?,23?;/m0./s1. The van der Waals surface area contributed by atoms with Crippen molar-refractivity contribution in [1.82, 2.24) is 0 Å². The summed E-state index contributed by atoms with van der Waals surface area (Å²) >= 11 is 0. The third-order valence-corrected chi connectivity index (χ3v) is 9.26. The SMILES string of the molecule is COC1C(=O)[C@]2(C)C(OC)CC3OCC3(O)C2[C@H](C)C2(O)CCC(C)=C1C2(C)C.[Ac]. The van der Waals surface area contributed by atoms with Crippen LogP contribution in [0.5, 0.6) is 0 Å². The Hall–Kier alpha value is 0.652. The molecule has 2 saturated carbocycles. The molecule has 7 heteroatoms. The number of hydrogen-bond donors (Lipinski definition) is 2. The van der Waals surface area contributed by atoms with E-state index < -0.39 is 40.2 Å². The molecule has 2 bridgehead atoms. The van der Waals surface area contributed by atoms with E-state index in [4.69, 9.17) is 14.2 Å². The Bertz CT molecular complexity index is 765. The van der Waals surface area contributed by atoms with Crippen molar-refractivity contribution >= 4 is 5.78 Å². The fraction of sp³-hybridized carbons (Fsp3) is 0.870. The van der Waals surface area contributed by atoms with Crippen molar-refractivity contribution in [3.8, 4) is 0 Å². The zero-order chi connectivity index (χ0) is 21.6. The van der Waals surface area contributed by atoms with Crippen LogP contribution in [0.2, 0.25) is 0 Å². The van der Waals surface area contributed by atoms with Gasteiger partial charge in [0.25, 0.3) is 0 Å². The molecule has 167 valence electrons. The van der Waals surface area contributed by atoms with Crippen molar-refractivity contribution in [3.63, 3.8) is 0 Å². The maximum absolute atomic E-state index is 14.2. The number of carbonyl (C=O) groups excluding carboxylic acids is 1. The maximum atomic E-state index is 14.2. The summed E-state index contributed by atoms with van der Waals surface area (Å²) in [5.74, 6) is -0.891. The fourth-order valence-electron chi connectivity index (χ4n) is 7.55. The normalized spacial score (nSPS) is 49.8. The molecular weight excluding hydrogens is 599 g/mol. The Balaban J connectivity index is 0.00000256. The van der Waals surface area contributed by atoms with Gasteiger partial charge in [-0.3, -0.25) is 4.79 Å². The first kappa shape index (κ1) is 25.3. The van der Waals surface area contributed by atoms with Gasteiger partial charge in [-0.25, -0.2) is 0 Å². The zero-order valence-corrected chi connectivity index (χ0v) is 24.1. The molecule has 2 N–H and O–H groups in total. The van der Waals surface area contributed by atoms with Crippen molar-refractivity contribution < 1.29 is 73.3 Å². The van der Waals surface area contributed by atoms with Crippen molar-refractivity contribution in [1.29, 1.82) is 0 Å². The zero-order valence-electron chi connectivity index (χ0n) is 19.3. The minimum absolute atomic E-state index is 0. The molecule has 1 saturated heterocycles. The molecule has 0 aromatic heterocycles. The minimum Gasteiger partial charge on any atom is -0.389 e. The van der Waals surface area contributed by atoms with Crippen LogP contribution in [0.15, 0.2) is 11.1 Å². The molecule has 3 aliphatic carbocycles. The van der Waals surface area contributed by atoms with Crippen LogP contribution in [0.4, 0.5) is 0 Å². The molecule has 6 nitrogen and oxygen atoms in total. The van der Waals surface area contributed by atoms with Crippen LogP contribution in [-0.4, -0.2) is 66.3 Å². The van der Waals surface area contributed by atoms with Gasteiger partial charge in [0.2, 0.25) is 0 Å². The number of aliphatic hydroxyl groups is 2. The number of methoxy groups -OCH3 is 2. The molecule has 1 heterocycles. The summed E-state index contributed by atoms with van der Waals surface area (Å²) in [4.78, 5) is 14.2. The van der Waals surface area contributed by atoms with Crippen LogP contribution >= 0.6 is 0 Å². The quantitative estimate of drug-likeness (QED) is 0.454. The smallest absolute Gasteiger partial charge is 0.174 e. The number of ether oxygens (including phenoxy) is 3.